The van der Waals surface area contributed by atoms with Crippen LogP contribution in [0.5, 0.6) is 0 Å². The van der Waals surface area contributed by atoms with Crippen molar-refractivity contribution in [1.29, 1.82) is 0 Å². The zero-order valence-corrected chi connectivity index (χ0v) is 20.6. The largest absolute Gasteiger partial charge is 0.345 e. The summed E-state index contributed by atoms with van der Waals surface area (Å²) in [5, 5.41) is 3.21. The summed E-state index contributed by atoms with van der Waals surface area (Å²) in [5.74, 6) is 1.06. The van der Waals surface area contributed by atoms with E-state index in [0.717, 1.165) is 24.0 Å². The van der Waals surface area contributed by atoms with Gasteiger partial charge in [-0.05, 0) is 47.6 Å². The van der Waals surface area contributed by atoms with Crippen LogP contribution in [0.2, 0.25) is 0 Å². The third-order valence-corrected chi connectivity index (χ3v) is 7.38. The van der Waals surface area contributed by atoms with E-state index in [9.17, 15) is 9.59 Å². The second-order valence-corrected chi connectivity index (χ2v) is 10.2. The lowest BCUT2D eigenvalue weighted by Crippen LogP contribution is -2.30. The van der Waals surface area contributed by atoms with E-state index in [1.54, 1.807) is 11.8 Å². The van der Waals surface area contributed by atoms with Crippen molar-refractivity contribution in [2.24, 2.45) is 5.92 Å². The summed E-state index contributed by atoms with van der Waals surface area (Å²) in [5.41, 5.74) is 4.05. The lowest BCUT2D eigenvalue weighted by molar-refractivity contribution is -0.128. The number of thioether (sulfide) groups is 1. The molecule has 1 aliphatic rings. The van der Waals surface area contributed by atoms with E-state index in [-0.39, 0.29) is 23.2 Å². The predicted molar refractivity (Wildman–Crippen MR) is 140 cm³/mol. The second kappa shape index (κ2) is 11.4. The first-order valence-corrected chi connectivity index (χ1v) is 13.0. The van der Waals surface area contributed by atoms with Gasteiger partial charge in [0.05, 0.1) is 11.8 Å². The third kappa shape index (κ3) is 6.09. The monoisotopic (exact) mass is 472 g/mol. The summed E-state index contributed by atoms with van der Waals surface area (Å²) in [6.45, 7) is 5.03. The van der Waals surface area contributed by atoms with E-state index in [1.165, 1.54) is 5.56 Å². The van der Waals surface area contributed by atoms with Crippen LogP contribution in [-0.4, -0.2) is 29.0 Å². The molecule has 1 saturated heterocycles. The van der Waals surface area contributed by atoms with E-state index < -0.39 is 0 Å². The van der Waals surface area contributed by atoms with Crippen molar-refractivity contribution in [2.45, 2.75) is 38.1 Å². The van der Waals surface area contributed by atoms with Gasteiger partial charge in [0, 0.05) is 12.1 Å². The molecule has 4 nitrogen and oxygen atoms in total. The Morgan fingerprint density at radius 1 is 0.971 bits per heavy atom. The van der Waals surface area contributed by atoms with Gasteiger partial charge in [0.25, 0.3) is 5.91 Å². The Morgan fingerprint density at radius 2 is 1.62 bits per heavy atom. The number of hydrogen-bond donors (Lipinski definition) is 1. The van der Waals surface area contributed by atoms with Crippen LogP contribution in [0.3, 0.4) is 0 Å². The fraction of sp³-hybridized carbons (Fsp3) is 0.310. The average Bonchev–Trinajstić information content (AvgIpc) is 3.23. The molecule has 0 radical (unpaired) electrons. The van der Waals surface area contributed by atoms with Crippen molar-refractivity contribution in [3.8, 4) is 0 Å². The van der Waals surface area contributed by atoms with E-state index in [0.29, 0.717) is 23.8 Å². The number of nitrogens with zero attached hydrogens (tertiary/aromatic N) is 1. The molecular formula is C29H32N2O2S. The highest BCUT2D eigenvalue weighted by Crippen LogP contribution is 2.38. The summed E-state index contributed by atoms with van der Waals surface area (Å²) in [6, 6.07) is 28.1. The van der Waals surface area contributed by atoms with Crippen molar-refractivity contribution in [1.82, 2.24) is 10.2 Å². The standard InChI is InChI=1S/C29H32N2O2S/c1-21(2)19-26(23-11-7-4-8-12-23)30-28(33)24-13-15-25(16-14-24)29-31(27(32)20-34-29)18-17-22-9-5-3-6-10-22/h3-16,21,26,29H,17-20H2,1-2H3,(H,30,33)/t26-,29-/m1/s1. The zero-order valence-electron chi connectivity index (χ0n) is 19.8. The molecule has 3 aromatic rings. The molecule has 1 heterocycles. The van der Waals surface area contributed by atoms with E-state index in [2.05, 4.69) is 43.4 Å². The fourth-order valence-electron chi connectivity index (χ4n) is 4.34. The minimum absolute atomic E-state index is 0.00803. The molecule has 1 fully saturated rings. The number of nitrogens with one attached hydrogen (secondary N) is 1. The topological polar surface area (TPSA) is 49.4 Å². The van der Waals surface area contributed by atoms with E-state index in [1.807, 2.05) is 65.6 Å². The summed E-state index contributed by atoms with van der Waals surface area (Å²) in [4.78, 5) is 27.5. The molecule has 0 unspecified atom stereocenters. The highest BCUT2D eigenvalue weighted by molar-refractivity contribution is 8.00. The van der Waals surface area contributed by atoms with E-state index in [4.69, 9.17) is 0 Å². The lowest BCUT2D eigenvalue weighted by atomic mass is 9.96. The van der Waals surface area contributed by atoms with Crippen LogP contribution in [0, 0.1) is 5.92 Å². The first kappa shape index (κ1) is 24.1. The Morgan fingerprint density at radius 3 is 2.26 bits per heavy atom. The molecule has 0 saturated carbocycles. The smallest absolute Gasteiger partial charge is 0.251 e. The molecule has 4 rings (SSSR count). The molecule has 0 bridgehead atoms. The lowest BCUT2D eigenvalue weighted by Gasteiger charge is -2.25. The maximum Gasteiger partial charge on any atom is 0.251 e. The van der Waals surface area contributed by atoms with E-state index >= 15 is 0 Å². The molecule has 1 aliphatic heterocycles. The zero-order chi connectivity index (χ0) is 23.9. The van der Waals surface area contributed by atoms with Crippen LogP contribution in [0.1, 0.15) is 58.7 Å². The van der Waals surface area contributed by atoms with Crippen LogP contribution in [0.15, 0.2) is 84.9 Å². The molecule has 1 N–H and O–H groups in total. The summed E-state index contributed by atoms with van der Waals surface area (Å²) in [6.07, 6.45) is 1.71. The molecule has 2 amide bonds. The molecule has 176 valence electrons. The Hall–Kier alpha value is -3.05. The van der Waals surface area contributed by atoms with Gasteiger partial charge in [0.2, 0.25) is 5.91 Å². The normalized spacial score (nSPS) is 16.6. The van der Waals surface area contributed by atoms with Crippen molar-refractivity contribution >= 4 is 23.6 Å². The van der Waals surface area contributed by atoms with Crippen LogP contribution >= 0.6 is 11.8 Å². The number of benzene rings is 3. The van der Waals surface area contributed by atoms with Gasteiger partial charge < -0.3 is 10.2 Å². The summed E-state index contributed by atoms with van der Waals surface area (Å²) < 4.78 is 0. The van der Waals surface area contributed by atoms with Crippen LogP contribution in [-0.2, 0) is 11.2 Å². The molecule has 0 aromatic heterocycles. The molecule has 0 aliphatic carbocycles. The molecule has 2 atom stereocenters. The van der Waals surface area contributed by atoms with Crippen molar-refractivity contribution in [2.75, 3.05) is 12.3 Å². The average molecular weight is 473 g/mol. The number of amides is 2. The predicted octanol–water partition coefficient (Wildman–Crippen LogP) is 6.02. The first-order chi connectivity index (χ1) is 16.5. The number of rotatable bonds is 9. The van der Waals surface area contributed by atoms with Crippen molar-refractivity contribution < 1.29 is 9.59 Å². The van der Waals surface area contributed by atoms with Crippen LogP contribution in [0.4, 0.5) is 0 Å². The Bertz CT molecular complexity index is 1080. The molecule has 34 heavy (non-hydrogen) atoms. The Balaban J connectivity index is 1.43. The van der Waals surface area contributed by atoms with Crippen molar-refractivity contribution in [3.63, 3.8) is 0 Å². The summed E-state index contributed by atoms with van der Waals surface area (Å²) in [7, 11) is 0. The van der Waals surface area contributed by atoms with Gasteiger partial charge in [0.15, 0.2) is 0 Å². The summed E-state index contributed by atoms with van der Waals surface area (Å²) >= 11 is 1.65. The quantitative estimate of drug-likeness (QED) is 0.414. The number of hydrogen-bond acceptors (Lipinski definition) is 3. The Kier molecular flexibility index (Phi) is 8.07. The number of carbonyl (C=O) groups is 2. The van der Waals surface area contributed by atoms with Gasteiger partial charge in [-0.25, -0.2) is 0 Å². The maximum absolute atomic E-state index is 13.0. The minimum Gasteiger partial charge on any atom is -0.345 e. The SMILES string of the molecule is CC(C)C[C@@H](NC(=O)c1ccc([C@H]2SCC(=O)N2CCc2ccccc2)cc1)c1ccccc1. The van der Waals surface area contributed by atoms with Crippen LogP contribution in [0.25, 0.3) is 0 Å². The van der Waals surface area contributed by atoms with Gasteiger partial charge in [0.1, 0.15) is 5.37 Å². The Labute approximate surface area is 206 Å². The van der Waals surface area contributed by atoms with Gasteiger partial charge >= 0.3 is 0 Å². The number of carbonyl (C=O) groups excluding carboxylic acids is 2. The molecule has 3 aromatic carbocycles. The van der Waals surface area contributed by atoms with Crippen LogP contribution < -0.4 is 5.32 Å². The highest BCUT2D eigenvalue weighted by Gasteiger charge is 2.32. The first-order valence-electron chi connectivity index (χ1n) is 11.9. The van der Waals surface area contributed by atoms with Gasteiger partial charge in [-0.15, -0.1) is 11.8 Å². The minimum atomic E-state index is -0.0721. The molecular weight excluding hydrogens is 440 g/mol. The highest BCUT2D eigenvalue weighted by atomic mass is 32.2. The fourth-order valence-corrected chi connectivity index (χ4v) is 5.56. The third-order valence-electron chi connectivity index (χ3n) is 6.12. The molecule has 0 spiro atoms. The molecule has 5 heteroatoms. The van der Waals surface area contributed by atoms with Gasteiger partial charge in [-0.2, -0.15) is 0 Å². The maximum atomic E-state index is 13.0. The van der Waals surface area contributed by atoms with Crippen molar-refractivity contribution in [3.05, 3.63) is 107 Å². The van der Waals surface area contributed by atoms with Gasteiger partial charge in [-0.1, -0.05) is 86.6 Å². The second-order valence-electron chi connectivity index (χ2n) is 9.17. The van der Waals surface area contributed by atoms with Gasteiger partial charge in [-0.3, -0.25) is 9.59 Å².